The molecule has 0 saturated heterocycles. The molecule has 0 aliphatic carbocycles. The van der Waals surface area contributed by atoms with Crippen molar-refractivity contribution in [2.45, 2.75) is 12.8 Å². The van der Waals surface area contributed by atoms with Crippen molar-refractivity contribution in [3.8, 4) is 0 Å². The Morgan fingerprint density at radius 3 is 1.55 bits per heavy atom. The summed E-state index contributed by atoms with van der Waals surface area (Å²) in [6.45, 7) is 0.713. The minimum atomic E-state index is -4.51. The summed E-state index contributed by atoms with van der Waals surface area (Å²) in [5, 5.41) is 56.7. The summed E-state index contributed by atoms with van der Waals surface area (Å²) in [6, 6.07) is 0. The molecular weight excluding hydrogens is 318 g/mol. The summed E-state index contributed by atoms with van der Waals surface area (Å²) in [5.41, 5.74) is -0.912. The van der Waals surface area contributed by atoms with Crippen LogP contribution >= 0.6 is 0 Å². The Morgan fingerprint density at radius 1 is 0.864 bits per heavy atom. The van der Waals surface area contributed by atoms with E-state index in [2.05, 4.69) is 5.10 Å². The van der Waals surface area contributed by atoms with Crippen molar-refractivity contribution in [3.05, 3.63) is 56.1 Å². The van der Waals surface area contributed by atoms with Crippen molar-refractivity contribution in [1.82, 2.24) is 9.78 Å². The molecule has 0 N–H and O–H groups in total. The monoisotopic (exact) mass is 321 g/mol. The third-order valence-electron chi connectivity index (χ3n) is 2.43. The molecule has 0 unspecified atom stereocenters. The van der Waals surface area contributed by atoms with Gasteiger partial charge in [-0.1, -0.05) is 0 Å². The molecule has 17 heteroatoms. The standard InChI is InChI=1S/C5H3N7O10/c1-2-3(8(13)14)6-7(4(2)9(15)16)5(10(17)18,11(19)20)12(21)22/h1H3. The van der Waals surface area contributed by atoms with Crippen LogP contribution in [0.25, 0.3) is 0 Å². The molecule has 0 amide bonds. The van der Waals surface area contributed by atoms with Crippen LogP contribution in [-0.2, 0) is 5.91 Å². The van der Waals surface area contributed by atoms with Crippen LogP contribution in [0.2, 0.25) is 0 Å². The number of hydrogen-bond acceptors (Lipinski definition) is 11. The van der Waals surface area contributed by atoms with E-state index in [1.165, 1.54) is 0 Å². The van der Waals surface area contributed by atoms with E-state index in [1.807, 2.05) is 0 Å². The zero-order chi connectivity index (χ0) is 17.4. The second kappa shape index (κ2) is 4.96. The van der Waals surface area contributed by atoms with Gasteiger partial charge in [0, 0.05) is 0 Å². The number of nitro groups is 5. The Hall–Kier alpha value is -3.79. The molecule has 22 heavy (non-hydrogen) atoms. The Kier molecular flexibility index (Phi) is 3.66. The zero-order valence-electron chi connectivity index (χ0n) is 10.2. The predicted octanol–water partition coefficient (Wildman–Crippen LogP) is -0.594. The normalized spacial score (nSPS) is 11.0. The number of aromatic nitrogens is 2. The maximum atomic E-state index is 10.8. The summed E-state index contributed by atoms with van der Waals surface area (Å²) < 4.78 is -0.805. The van der Waals surface area contributed by atoms with E-state index in [1.54, 1.807) is 0 Å². The molecule has 0 aromatic carbocycles. The molecule has 0 saturated carbocycles. The smallest absolute Gasteiger partial charge is 0.358 e. The Labute approximate surface area is 116 Å². The number of nitrogens with zero attached hydrogens (tertiary/aromatic N) is 7. The van der Waals surface area contributed by atoms with Gasteiger partial charge >= 0.3 is 17.5 Å². The van der Waals surface area contributed by atoms with Crippen LogP contribution in [0.3, 0.4) is 0 Å². The van der Waals surface area contributed by atoms with Crippen LogP contribution in [0, 0.1) is 57.5 Å². The molecule has 0 aliphatic heterocycles. The highest BCUT2D eigenvalue weighted by Crippen LogP contribution is 2.33. The molecular formula is C5H3N7O10. The van der Waals surface area contributed by atoms with Gasteiger partial charge in [0.05, 0.1) is 0 Å². The van der Waals surface area contributed by atoms with Crippen molar-refractivity contribution in [2.75, 3.05) is 0 Å². The molecule has 0 atom stereocenters. The third kappa shape index (κ3) is 1.92. The van der Waals surface area contributed by atoms with Gasteiger partial charge in [-0.2, -0.15) is 0 Å². The number of hydrogen-bond donors (Lipinski definition) is 0. The molecule has 1 aromatic heterocycles. The fraction of sp³-hybridized carbons (Fsp3) is 0.400. The summed E-state index contributed by atoms with van der Waals surface area (Å²) in [7, 11) is 0. The maximum Gasteiger partial charge on any atom is 0.898 e. The van der Waals surface area contributed by atoms with Crippen molar-refractivity contribution < 1.29 is 24.6 Å². The minimum Gasteiger partial charge on any atom is -0.358 e. The Bertz CT molecular complexity index is 683. The van der Waals surface area contributed by atoms with Gasteiger partial charge in [0.25, 0.3) is 0 Å². The molecule has 1 heterocycles. The van der Waals surface area contributed by atoms with Crippen molar-refractivity contribution in [1.29, 1.82) is 0 Å². The van der Waals surface area contributed by atoms with Crippen LogP contribution in [0.15, 0.2) is 0 Å². The molecule has 17 nitrogen and oxygen atoms in total. The lowest BCUT2D eigenvalue weighted by Crippen LogP contribution is -2.55. The van der Waals surface area contributed by atoms with E-state index < -0.39 is 52.4 Å². The van der Waals surface area contributed by atoms with Crippen molar-refractivity contribution in [3.63, 3.8) is 0 Å². The van der Waals surface area contributed by atoms with Gasteiger partial charge in [-0.15, -0.1) is 0 Å². The molecule has 0 radical (unpaired) electrons. The van der Waals surface area contributed by atoms with E-state index >= 15 is 0 Å². The lowest BCUT2D eigenvalue weighted by Gasteiger charge is -2.02. The quantitative estimate of drug-likeness (QED) is 0.364. The highest BCUT2D eigenvalue weighted by molar-refractivity contribution is 5.44. The van der Waals surface area contributed by atoms with E-state index in [9.17, 15) is 50.6 Å². The third-order valence-corrected chi connectivity index (χ3v) is 2.43. The van der Waals surface area contributed by atoms with E-state index in [0.29, 0.717) is 6.92 Å². The minimum absolute atomic E-state index is 0.713. The topological polar surface area (TPSA) is 234 Å². The highest BCUT2D eigenvalue weighted by atomic mass is 16.7. The summed E-state index contributed by atoms with van der Waals surface area (Å²) in [4.78, 5) is 45.0. The Balaban J connectivity index is 4.00. The lowest BCUT2D eigenvalue weighted by molar-refractivity contribution is -1.01. The summed E-state index contributed by atoms with van der Waals surface area (Å²) in [6.07, 6.45) is 0. The SMILES string of the molecule is Cc1c([N+](=O)[O-])nn(C([N+](=O)[O-])([N+](=O)[O-])[N+](=O)[O-])c1[N+](=O)[O-]. The van der Waals surface area contributed by atoms with Gasteiger partial charge in [-0.25, -0.2) is 30.3 Å². The summed E-state index contributed by atoms with van der Waals surface area (Å²) >= 11 is 0. The molecule has 1 rings (SSSR count). The van der Waals surface area contributed by atoms with E-state index in [0.717, 1.165) is 0 Å². The molecule has 0 aliphatic rings. The van der Waals surface area contributed by atoms with Crippen molar-refractivity contribution >= 4 is 11.6 Å². The second-order valence-electron chi connectivity index (χ2n) is 3.57. The first-order valence-corrected chi connectivity index (χ1v) is 4.81. The molecule has 0 spiro atoms. The van der Waals surface area contributed by atoms with Gasteiger partial charge < -0.3 is 20.2 Å². The molecule has 1 aromatic rings. The fourth-order valence-corrected chi connectivity index (χ4v) is 1.50. The average molecular weight is 321 g/mol. The van der Waals surface area contributed by atoms with Crippen LogP contribution in [0.5, 0.6) is 0 Å². The maximum absolute atomic E-state index is 10.8. The van der Waals surface area contributed by atoms with Gasteiger partial charge in [-0.05, 0) is 16.8 Å². The first-order chi connectivity index (χ1) is 9.99. The van der Waals surface area contributed by atoms with E-state index in [4.69, 9.17) is 0 Å². The van der Waals surface area contributed by atoms with Gasteiger partial charge in [0.1, 0.15) is 5.56 Å². The summed E-state index contributed by atoms with van der Waals surface area (Å²) in [5.74, 6) is -7.49. The van der Waals surface area contributed by atoms with Gasteiger partial charge in [0.15, 0.2) is 9.78 Å². The average Bonchev–Trinajstić information content (AvgIpc) is 2.66. The first kappa shape index (κ1) is 16.3. The highest BCUT2D eigenvalue weighted by Gasteiger charge is 2.84. The Morgan fingerprint density at radius 2 is 1.27 bits per heavy atom. The fourth-order valence-electron chi connectivity index (χ4n) is 1.50. The zero-order valence-corrected chi connectivity index (χ0v) is 10.2. The van der Waals surface area contributed by atoms with Crippen LogP contribution in [0.4, 0.5) is 11.6 Å². The predicted molar refractivity (Wildman–Crippen MR) is 59.2 cm³/mol. The number of rotatable bonds is 6. The molecule has 0 bridgehead atoms. The lowest BCUT2D eigenvalue weighted by atomic mass is 10.3. The second-order valence-corrected chi connectivity index (χ2v) is 3.57. The largest absolute Gasteiger partial charge is 0.898 e. The van der Waals surface area contributed by atoms with Crippen LogP contribution in [0.1, 0.15) is 5.56 Å². The van der Waals surface area contributed by atoms with Crippen LogP contribution in [-0.4, -0.2) is 34.4 Å². The van der Waals surface area contributed by atoms with Crippen LogP contribution < -0.4 is 0 Å². The van der Waals surface area contributed by atoms with E-state index in [-0.39, 0.29) is 0 Å². The first-order valence-electron chi connectivity index (χ1n) is 4.81. The van der Waals surface area contributed by atoms with Gasteiger partial charge in [-0.3, -0.25) is 0 Å². The molecule has 118 valence electrons. The van der Waals surface area contributed by atoms with Gasteiger partial charge in [0.2, 0.25) is 14.8 Å². The molecule has 0 fully saturated rings. The van der Waals surface area contributed by atoms with Crippen molar-refractivity contribution in [2.24, 2.45) is 0 Å².